The summed E-state index contributed by atoms with van der Waals surface area (Å²) in [6.45, 7) is 1.52. The molecule has 0 aliphatic carbocycles. The van der Waals surface area contributed by atoms with E-state index >= 15 is 0 Å². The number of benzene rings is 2. The van der Waals surface area contributed by atoms with Gasteiger partial charge in [-0.25, -0.2) is 0 Å². The third kappa shape index (κ3) is 3.31. The van der Waals surface area contributed by atoms with Crippen molar-refractivity contribution in [1.29, 1.82) is 0 Å². The monoisotopic (exact) mass is 323 g/mol. The Morgan fingerprint density at radius 3 is 2.46 bits per heavy atom. The summed E-state index contributed by atoms with van der Waals surface area (Å²) >= 11 is 0. The fourth-order valence-corrected chi connectivity index (χ4v) is 3.14. The Balaban J connectivity index is 1.96. The molecule has 1 aliphatic rings. The minimum atomic E-state index is -0.535. The zero-order valence-corrected chi connectivity index (χ0v) is 13.4. The largest absolute Gasteiger partial charge is 0.369 e. The molecule has 1 fully saturated rings. The lowest BCUT2D eigenvalue weighted by Gasteiger charge is -2.33. The second-order valence-electron chi connectivity index (χ2n) is 6.14. The summed E-state index contributed by atoms with van der Waals surface area (Å²) < 4.78 is 0. The van der Waals surface area contributed by atoms with E-state index in [-0.39, 0.29) is 11.8 Å². The summed E-state index contributed by atoms with van der Waals surface area (Å²) in [5.41, 5.74) is 13.7. The third-order valence-electron chi connectivity index (χ3n) is 4.36. The molecule has 0 radical (unpaired) electrons. The fourth-order valence-electron chi connectivity index (χ4n) is 3.14. The van der Waals surface area contributed by atoms with Gasteiger partial charge in [0.15, 0.2) is 5.78 Å². The minimum Gasteiger partial charge on any atom is -0.369 e. The van der Waals surface area contributed by atoms with Gasteiger partial charge in [0.2, 0.25) is 0 Å². The van der Waals surface area contributed by atoms with Crippen molar-refractivity contribution in [3.8, 4) is 0 Å². The molecule has 0 bridgehead atoms. The molecule has 1 saturated heterocycles. The number of hydrogen-bond acceptors (Lipinski definition) is 4. The van der Waals surface area contributed by atoms with Crippen molar-refractivity contribution >= 4 is 17.4 Å². The van der Waals surface area contributed by atoms with Crippen LogP contribution in [0.15, 0.2) is 48.5 Å². The van der Waals surface area contributed by atoms with E-state index in [9.17, 15) is 9.59 Å². The van der Waals surface area contributed by atoms with Crippen LogP contribution in [0.2, 0.25) is 0 Å². The van der Waals surface area contributed by atoms with Crippen LogP contribution in [0.1, 0.15) is 39.1 Å². The van der Waals surface area contributed by atoms with Gasteiger partial charge in [-0.05, 0) is 31.0 Å². The van der Waals surface area contributed by atoms with Crippen LogP contribution in [-0.2, 0) is 0 Å². The molecule has 4 N–H and O–H groups in total. The summed E-state index contributed by atoms with van der Waals surface area (Å²) in [6.07, 6.45) is 1.96. The maximum absolute atomic E-state index is 12.6. The molecule has 1 heterocycles. The van der Waals surface area contributed by atoms with Gasteiger partial charge in [0.05, 0.1) is 5.56 Å². The number of rotatable bonds is 4. The van der Waals surface area contributed by atoms with Crippen LogP contribution in [0.3, 0.4) is 0 Å². The van der Waals surface area contributed by atoms with Crippen molar-refractivity contribution in [3.05, 3.63) is 65.2 Å². The van der Waals surface area contributed by atoms with E-state index in [2.05, 4.69) is 4.90 Å². The standard InChI is InChI=1S/C19H21N3O2/c20-15-7-4-10-22(12-15)17-9-8-14(11-16(17)19(21)24)18(23)13-5-2-1-3-6-13/h1-3,5-6,8-9,11,15H,4,7,10,12,20H2,(H2,21,24). The van der Waals surface area contributed by atoms with Gasteiger partial charge in [0.25, 0.3) is 5.91 Å². The van der Waals surface area contributed by atoms with Gasteiger partial charge in [-0.3, -0.25) is 9.59 Å². The minimum absolute atomic E-state index is 0.0881. The number of anilines is 1. The Morgan fingerprint density at radius 1 is 1.04 bits per heavy atom. The molecule has 0 aromatic heterocycles. The Morgan fingerprint density at radius 2 is 1.79 bits per heavy atom. The first-order valence-corrected chi connectivity index (χ1v) is 8.10. The van der Waals surface area contributed by atoms with Crippen LogP contribution in [0.5, 0.6) is 0 Å². The number of nitrogens with two attached hydrogens (primary N) is 2. The first-order chi connectivity index (χ1) is 11.6. The number of nitrogens with zero attached hydrogens (tertiary/aromatic N) is 1. The van der Waals surface area contributed by atoms with E-state index in [0.717, 1.165) is 25.1 Å². The molecule has 2 aromatic carbocycles. The number of piperidine rings is 1. The highest BCUT2D eigenvalue weighted by Gasteiger charge is 2.22. The lowest BCUT2D eigenvalue weighted by Crippen LogP contribution is -2.43. The van der Waals surface area contributed by atoms with Crippen LogP contribution in [0.25, 0.3) is 0 Å². The number of primary amides is 1. The molecule has 124 valence electrons. The predicted octanol–water partition coefficient (Wildman–Crippen LogP) is 1.94. The number of carbonyl (C=O) groups excluding carboxylic acids is 2. The summed E-state index contributed by atoms with van der Waals surface area (Å²) in [5, 5.41) is 0. The number of carbonyl (C=O) groups is 2. The number of amides is 1. The number of hydrogen-bond donors (Lipinski definition) is 2. The fraction of sp³-hybridized carbons (Fsp3) is 0.263. The van der Waals surface area contributed by atoms with Gasteiger partial charge in [-0.15, -0.1) is 0 Å². The van der Waals surface area contributed by atoms with Crippen molar-refractivity contribution in [2.45, 2.75) is 18.9 Å². The third-order valence-corrected chi connectivity index (χ3v) is 4.36. The lowest BCUT2D eigenvalue weighted by molar-refractivity contribution is 0.100. The van der Waals surface area contributed by atoms with Crippen molar-refractivity contribution in [3.63, 3.8) is 0 Å². The highest BCUT2D eigenvalue weighted by molar-refractivity contribution is 6.11. The second kappa shape index (κ2) is 6.84. The van der Waals surface area contributed by atoms with Gasteiger partial charge >= 0.3 is 0 Å². The van der Waals surface area contributed by atoms with Gasteiger partial charge in [0.1, 0.15) is 0 Å². The van der Waals surface area contributed by atoms with Gasteiger partial charge in [-0.2, -0.15) is 0 Å². The maximum atomic E-state index is 12.6. The summed E-state index contributed by atoms with van der Waals surface area (Å²) in [7, 11) is 0. The van der Waals surface area contributed by atoms with E-state index in [0.29, 0.717) is 23.2 Å². The molecular formula is C19H21N3O2. The van der Waals surface area contributed by atoms with Crippen molar-refractivity contribution in [1.82, 2.24) is 0 Å². The van der Waals surface area contributed by atoms with E-state index in [1.807, 2.05) is 18.2 Å². The molecule has 5 heteroatoms. The van der Waals surface area contributed by atoms with Crippen LogP contribution < -0.4 is 16.4 Å². The highest BCUT2D eigenvalue weighted by Crippen LogP contribution is 2.26. The number of ketones is 1. The first kappa shape index (κ1) is 16.2. The van der Waals surface area contributed by atoms with Crippen molar-refractivity contribution in [2.24, 2.45) is 11.5 Å². The maximum Gasteiger partial charge on any atom is 0.250 e. The van der Waals surface area contributed by atoms with E-state index in [1.165, 1.54) is 0 Å². The molecular weight excluding hydrogens is 302 g/mol. The molecule has 1 unspecified atom stereocenters. The van der Waals surface area contributed by atoms with Crippen LogP contribution in [0, 0.1) is 0 Å². The lowest BCUT2D eigenvalue weighted by atomic mass is 9.98. The van der Waals surface area contributed by atoms with Crippen molar-refractivity contribution < 1.29 is 9.59 Å². The summed E-state index contributed by atoms with van der Waals surface area (Å²) in [4.78, 5) is 26.6. The Kier molecular flexibility index (Phi) is 4.62. The van der Waals surface area contributed by atoms with Crippen molar-refractivity contribution in [2.75, 3.05) is 18.0 Å². The van der Waals surface area contributed by atoms with Gasteiger partial charge in [0, 0.05) is 35.9 Å². The molecule has 5 nitrogen and oxygen atoms in total. The molecule has 24 heavy (non-hydrogen) atoms. The average molecular weight is 323 g/mol. The normalized spacial score (nSPS) is 17.5. The summed E-state index contributed by atoms with van der Waals surface area (Å²) in [6, 6.07) is 14.2. The van der Waals surface area contributed by atoms with Crippen LogP contribution in [0.4, 0.5) is 5.69 Å². The Labute approximate surface area is 141 Å². The smallest absolute Gasteiger partial charge is 0.250 e. The molecule has 2 aromatic rings. The molecule has 0 spiro atoms. The van der Waals surface area contributed by atoms with E-state index in [4.69, 9.17) is 11.5 Å². The molecule has 1 aliphatic heterocycles. The highest BCUT2D eigenvalue weighted by atomic mass is 16.1. The SMILES string of the molecule is NC(=O)c1cc(C(=O)c2ccccc2)ccc1N1CCCC(N)C1. The van der Waals surface area contributed by atoms with E-state index in [1.54, 1.807) is 30.3 Å². The van der Waals surface area contributed by atoms with Crippen LogP contribution in [-0.4, -0.2) is 30.8 Å². The van der Waals surface area contributed by atoms with E-state index < -0.39 is 5.91 Å². The second-order valence-corrected chi connectivity index (χ2v) is 6.14. The molecule has 1 amide bonds. The molecule has 3 rings (SSSR count). The molecule has 0 saturated carbocycles. The van der Waals surface area contributed by atoms with Crippen LogP contribution >= 0.6 is 0 Å². The van der Waals surface area contributed by atoms with Gasteiger partial charge < -0.3 is 16.4 Å². The average Bonchev–Trinajstić information content (AvgIpc) is 2.61. The first-order valence-electron chi connectivity index (χ1n) is 8.10. The summed E-state index contributed by atoms with van der Waals surface area (Å²) in [5.74, 6) is -0.660. The van der Waals surface area contributed by atoms with Gasteiger partial charge in [-0.1, -0.05) is 30.3 Å². The Hall–Kier alpha value is -2.66. The zero-order chi connectivity index (χ0) is 17.1. The topological polar surface area (TPSA) is 89.4 Å². The quantitative estimate of drug-likeness (QED) is 0.842. The predicted molar refractivity (Wildman–Crippen MR) is 94.3 cm³/mol. The Bertz CT molecular complexity index is 758. The molecule has 1 atom stereocenters. The zero-order valence-electron chi connectivity index (χ0n) is 13.4.